The van der Waals surface area contributed by atoms with Gasteiger partial charge in [-0.25, -0.2) is 4.98 Å². The molecule has 96 valence electrons. The number of halogens is 1. The van der Waals surface area contributed by atoms with Gasteiger partial charge >= 0.3 is 0 Å². The van der Waals surface area contributed by atoms with E-state index in [9.17, 15) is 0 Å². The van der Waals surface area contributed by atoms with Crippen LogP contribution >= 0.6 is 11.6 Å². The molecule has 5 heteroatoms. The first-order valence-corrected chi connectivity index (χ1v) is 6.32. The third-order valence-electron chi connectivity index (χ3n) is 2.88. The summed E-state index contributed by atoms with van der Waals surface area (Å²) in [5.74, 6) is 0.467. The largest absolute Gasteiger partial charge is 0.339 e. The summed E-state index contributed by atoms with van der Waals surface area (Å²) >= 11 is 6.12. The molecule has 0 bridgehead atoms. The van der Waals surface area contributed by atoms with Gasteiger partial charge in [0, 0.05) is 23.5 Å². The second-order valence-corrected chi connectivity index (χ2v) is 4.55. The number of fused-ring (bicyclic) bond motifs is 1. The van der Waals surface area contributed by atoms with Crippen molar-refractivity contribution in [1.29, 1.82) is 5.26 Å². The van der Waals surface area contributed by atoms with E-state index >= 15 is 0 Å². The van der Waals surface area contributed by atoms with Crippen LogP contribution in [-0.2, 0) is 0 Å². The zero-order valence-corrected chi connectivity index (χ0v) is 11.1. The number of nitrogens with zero attached hydrogens (tertiary/aromatic N) is 3. The Bertz CT molecular complexity index is 823. The molecule has 0 spiro atoms. The fraction of sp³-hybridized carbons (Fsp3) is 0. The minimum Gasteiger partial charge on any atom is -0.339 e. The van der Waals surface area contributed by atoms with Gasteiger partial charge in [0.2, 0.25) is 0 Å². The molecule has 1 aromatic carbocycles. The second-order valence-electron chi connectivity index (χ2n) is 4.17. The molecule has 0 radical (unpaired) electrons. The zero-order valence-electron chi connectivity index (χ0n) is 10.3. The van der Waals surface area contributed by atoms with Crippen molar-refractivity contribution >= 4 is 34.0 Å². The highest BCUT2D eigenvalue weighted by atomic mass is 35.5. The van der Waals surface area contributed by atoms with E-state index in [4.69, 9.17) is 16.9 Å². The summed E-state index contributed by atoms with van der Waals surface area (Å²) in [6.07, 6.45) is 3.31. The summed E-state index contributed by atoms with van der Waals surface area (Å²) in [5, 5.41) is 13.4. The molecule has 1 N–H and O–H groups in total. The molecule has 3 aromatic rings. The van der Waals surface area contributed by atoms with Crippen molar-refractivity contribution in [1.82, 2.24) is 9.97 Å². The maximum atomic E-state index is 8.95. The third-order valence-corrected chi connectivity index (χ3v) is 3.26. The fourth-order valence-corrected chi connectivity index (χ4v) is 2.11. The van der Waals surface area contributed by atoms with Crippen molar-refractivity contribution in [2.75, 3.05) is 5.32 Å². The van der Waals surface area contributed by atoms with Gasteiger partial charge in [-0.05, 0) is 30.3 Å². The Morgan fingerprint density at radius 1 is 1.10 bits per heavy atom. The molecule has 3 rings (SSSR count). The van der Waals surface area contributed by atoms with Gasteiger partial charge in [0.25, 0.3) is 0 Å². The number of hydrogen-bond acceptors (Lipinski definition) is 4. The molecule has 20 heavy (non-hydrogen) atoms. The summed E-state index contributed by atoms with van der Waals surface area (Å²) in [7, 11) is 0. The number of benzene rings is 1. The van der Waals surface area contributed by atoms with E-state index in [-0.39, 0.29) is 0 Å². The van der Waals surface area contributed by atoms with Gasteiger partial charge in [-0.15, -0.1) is 0 Å². The Morgan fingerprint density at radius 2 is 2.00 bits per heavy atom. The van der Waals surface area contributed by atoms with Gasteiger partial charge in [-0.3, -0.25) is 4.98 Å². The van der Waals surface area contributed by atoms with Gasteiger partial charge in [0.05, 0.1) is 11.1 Å². The molecule has 2 heterocycles. The topological polar surface area (TPSA) is 61.6 Å². The minimum absolute atomic E-state index is 0.321. The first kappa shape index (κ1) is 12.4. The van der Waals surface area contributed by atoms with Crippen LogP contribution in [0.4, 0.5) is 11.5 Å². The Kier molecular flexibility index (Phi) is 3.20. The molecular weight excluding hydrogens is 272 g/mol. The van der Waals surface area contributed by atoms with Crippen LogP contribution in [0.1, 0.15) is 5.56 Å². The highest BCUT2D eigenvalue weighted by Gasteiger charge is 2.07. The molecule has 0 atom stereocenters. The van der Waals surface area contributed by atoms with Crippen LogP contribution in [0.3, 0.4) is 0 Å². The van der Waals surface area contributed by atoms with E-state index in [1.165, 1.54) is 0 Å². The average Bonchev–Trinajstić information content (AvgIpc) is 2.49. The van der Waals surface area contributed by atoms with Crippen molar-refractivity contribution in [2.24, 2.45) is 0 Å². The number of pyridine rings is 2. The van der Waals surface area contributed by atoms with Crippen LogP contribution in [0.2, 0.25) is 5.02 Å². The summed E-state index contributed by atoms with van der Waals surface area (Å²) in [6.45, 7) is 0. The lowest BCUT2D eigenvalue weighted by atomic mass is 10.2. The normalized spacial score (nSPS) is 10.2. The molecule has 0 unspecified atom stereocenters. The number of aromatic nitrogens is 2. The molecule has 0 saturated heterocycles. The van der Waals surface area contributed by atoms with Crippen molar-refractivity contribution in [3.05, 3.63) is 59.4 Å². The lowest BCUT2D eigenvalue weighted by Crippen LogP contribution is -1.96. The number of nitriles is 1. The molecule has 0 aliphatic heterocycles. The van der Waals surface area contributed by atoms with Crippen LogP contribution in [0.15, 0.2) is 48.8 Å². The van der Waals surface area contributed by atoms with Crippen molar-refractivity contribution in [3.8, 4) is 6.07 Å². The fourth-order valence-electron chi connectivity index (χ4n) is 1.91. The van der Waals surface area contributed by atoms with Gasteiger partial charge in [-0.1, -0.05) is 17.7 Å². The lowest BCUT2D eigenvalue weighted by Gasteiger charge is -2.08. The highest BCUT2D eigenvalue weighted by molar-refractivity contribution is 6.34. The monoisotopic (exact) mass is 280 g/mol. The van der Waals surface area contributed by atoms with Crippen LogP contribution in [0.25, 0.3) is 10.9 Å². The first-order valence-electron chi connectivity index (χ1n) is 5.94. The van der Waals surface area contributed by atoms with Crippen LogP contribution in [0, 0.1) is 11.3 Å². The molecule has 0 aliphatic rings. The lowest BCUT2D eigenvalue weighted by molar-refractivity contribution is 1.29. The zero-order chi connectivity index (χ0) is 13.9. The number of nitrogens with one attached hydrogen (secondary N) is 1. The molecule has 0 aliphatic carbocycles. The second kappa shape index (κ2) is 5.16. The van der Waals surface area contributed by atoms with Gasteiger partial charge in [0.1, 0.15) is 11.1 Å². The van der Waals surface area contributed by atoms with Gasteiger partial charge < -0.3 is 5.32 Å². The van der Waals surface area contributed by atoms with E-state index < -0.39 is 0 Å². The van der Waals surface area contributed by atoms with E-state index in [0.29, 0.717) is 16.4 Å². The average molecular weight is 281 g/mol. The first-order chi connectivity index (χ1) is 9.78. The Morgan fingerprint density at radius 3 is 2.85 bits per heavy atom. The molecule has 0 saturated carbocycles. The SMILES string of the molecule is N#Cc1ccnc(Nc2ccc3ncccc3c2)c1Cl. The van der Waals surface area contributed by atoms with E-state index in [1.54, 1.807) is 18.5 Å². The highest BCUT2D eigenvalue weighted by Crippen LogP contribution is 2.27. The minimum atomic E-state index is 0.321. The summed E-state index contributed by atoms with van der Waals surface area (Å²) < 4.78 is 0. The predicted octanol–water partition coefficient (Wildman–Crippen LogP) is 3.90. The summed E-state index contributed by atoms with van der Waals surface area (Å²) in [4.78, 5) is 8.41. The van der Waals surface area contributed by atoms with Crippen LogP contribution in [-0.4, -0.2) is 9.97 Å². The van der Waals surface area contributed by atoms with Gasteiger partial charge in [-0.2, -0.15) is 5.26 Å². The Labute approximate surface area is 120 Å². The molecule has 2 aromatic heterocycles. The smallest absolute Gasteiger partial charge is 0.150 e. The third kappa shape index (κ3) is 2.27. The van der Waals surface area contributed by atoms with E-state index in [2.05, 4.69) is 15.3 Å². The van der Waals surface area contributed by atoms with Crippen molar-refractivity contribution in [3.63, 3.8) is 0 Å². The van der Waals surface area contributed by atoms with E-state index in [1.807, 2.05) is 36.4 Å². The predicted molar refractivity (Wildman–Crippen MR) is 79.0 cm³/mol. The molecule has 4 nitrogen and oxygen atoms in total. The maximum absolute atomic E-state index is 8.95. The van der Waals surface area contributed by atoms with Crippen LogP contribution < -0.4 is 5.32 Å². The molecular formula is C15H9ClN4. The number of anilines is 2. The van der Waals surface area contributed by atoms with Gasteiger partial charge in [0.15, 0.2) is 5.82 Å². The molecule has 0 amide bonds. The van der Waals surface area contributed by atoms with Crippen molar-refractivity contribution in [2.45, 2.75) is 0 Å². The van der Waals surface area contributed by atoms with E-state index in [0.717, 1.165) is 16.6 Å². The van der Waals surface area contributed by atoms with Crippen LogP contribution in [0.5, 0.6) is 0 Å². The number of hydrogen-bond donors (Lipinski definition) is 1. The molecule has 0 fully saturated rings. The Balaban J connectivity index is 1.99. The maximum Gasteiger partial charge on any atom is 0.150 e. The van der Waals surface area contributed by atoms with Crippen molar-refractivity contribution < 1.29 is 0 Å². The standard InChI is InChI=1S/C15H9ClN4/c16-14-11(9-17)5-7-19-15(14)20-12-3-4-13-10(8-12)2-1-6-18-13/h1-8H,(H,19,20). The Hall–Kier alpha value is -2.64. The summed E-state index contributed by atoms with van der Waals surface area (Å²) in [5.41, 5.74) is 2.16. The summed E-state index contributed by atoms with van der Waals surface area (Å²) in [6, 6.07) is 13.2. The quantitative estimate of drug-likeness (QED) is 0.773. The number of rotatable bonds is 2.